The first-order valence-corrected chi connectivity index (χ1v) is 5.99. The van der Waals surface area contributed by atoms with Crippen LogP contribution in [0.25, 0.3) is 0 Å². The van der Waals surface area contributed by atoms with Crippen LogP contribution in [0.15, 0.2) is 36.4 Å². The van der Waals surface area contributed by atoms with Gasteiger partial charge in [-0.2, -0.15) is 0 Å². The number of hydrogen-bond acceptors (Lipinski definition) is 3. The van der Waals surface area contributed by atoms with Gasteiger partial charge in [0.25, 0.3) is 0 Å². The minimum atomic E-state index is -0.467. The topological polar surface area (TPSA) is 44.5 Å². The molecule has 0 amide bonds. The molecule has 2 aromatic carbocycles. The minimum Gasteiger partial charge on any atom is -0.495 e. The summed E-state index contributed by atoms with van der Waals surface area (Å²) >= 11 is 5.69. The summed E-state index contributed by atoms with van der Waals surface area (Å²) in [6.07, 6.45) is 0. The molecule has 0 aromatic heterocycles. The van der Waals surface area contributed by atoms with Crippen molar-refractivity contribution in [2.24, 2.45) is 0 Å². The van der Waals surface area contributed by atoms with Gasteiger partial charge in [0, 0.05) is 11.6 Å². The lowest BCUT2D eigenvalue weighted by Crippen LogP contribution is -2.00. The third-order valence-corrected chi connectivity index (χ3v) is 2.92. The highest BCUT2D eigenvalue weighted by atomic mass is 35.5. The molecule has 0 fully saturated rings. The number of halogens is 2. The molecule has 2 N–H and O–H groups in total. The summed E-state index contributed by atoms with van der Waals surface area (Å²) in [4.78, 5) is 0. The van der Waals surface area contributed by atoms with E-state index in [9.17, 15) is 4.39 Å². The second-order valence-corrected chi connectivity index (χ2v) is 4.31. The minimum absolute atomic E-state index is 0.0790. The summed E-state index contributed by atoms with van der Waals surface area (Å²) < 4.78 is 24.2. The molecule has 0 aliphatic rings. The number of anilines is 1. The van der Waals surface area contributed by atoms with E-state index in [0.29, 0.717) is 22.7 Å². The normalized spacial score (nSPS) is 10.3. The molecule has 0 saturated carbocycles. The van der Waals surface area contributed by atoms with E-state index in [1.54, 1.807) is 30.3 Å². The smallest absolute Gasteiger partial charge is 0.148 e. The van der Waals surface area contributed by atoms with Gasteiger partial charge in [0.2, 0.25) is 0 Å². The van der Waals surface area contributed by atoms with Gasteiger partial charge in [-0.25, -0.2) is 4.39 Å². The Labute approximate surface area is 115 Å². The van der Waals surface area contributed by atoms with E-state index < -0.39 is 5.82 Å². The summed E-state index contributed by atoms with van der Waals surface area (Å²) in [7, 11) is 1.54. The Hall–Kier alpha value is -1.94. The zero-order valence-electron chi connectivity index (χ0n) is 10.3. The molecule has 0 spiro atoms. The number of nitrogens with two attached hydrogens (primary N) is 1. The predicted molar refractivity (Wildman–Crippen MR) is 73.1 cm³/mol. The van der Waals surface area contributed by atoms with Gasteiger partial charge in [0.05, 0.1) is 17.8 Å². The Morgan fingerprint density at radius 3 is 2.74 bits per heavy atom. The molecule has 0 heterocycles. The molecule has 3 nitrogen and oxygen atoms in total. The Bertz CT molecular complexity index is 590. The third-order valence-electron chi connectivity index (χ3n) is 2.63. The second-order valence-electron chi connectivity index (χ2n) is 3.91. The van der Waals surface area contributed by atoms with Crippen LogP contribution in [0.1, 0.15) is 5.56 Å². The molecular weight excluding hydrogens is 269 g/mol. The largest absolute Gasteiger partial charge is 0.495 e. The lowest BCUT2D eigenvalue weighted by molar-refractivity contribution is 0.299. The molecular formula is C14H13ClFNO2. The van der Waals surface area contributed by atoms with Gasteiger partial charge in [-0.15, -0.1) is 0 Å². The van der Waals surface area contributed by atoms with Crippen molar-refractivity contribution in [3.05, 3.63) is 52.8 Å². The number of hydrogen-bond donors (Lipinski definition) is 1. The molecule has 2 rings (SSSR count). The van der Waals surface area contributed by atoms with E-state index in [1.165, 1.54) is 13.2 Å². The molecule has 2 aromatic rings. The second kappa shape index (κ2) is 5.80. The van der Waals surface area contributed by atoms with Crippen LogP contribution in [0.3, 0.4) is 0 Å². The van der Waals surface area contributed by atoms with Crippen LogP contribution in [-0.2, 0) is 6.61 Å². The van der Waals surface area contributed by atoms with Crippen LogP contribution in [0.4, 0.5) is 10.1 Å². The molecule has 19 heavy (non-hydrogen) atoms. The number of benzene rings is 2. The summed E-state index contributed by atoms with van der Waals surface area (Å²) in [6.45, 7) is 0.0815. The van der Waals surface area contributed by atoms with Crippen LogP contribution < -0.4 is 15.2 Å². The molecule has 5 heteroatoms. The molecule has 0 atom stereocenters. The van der Waals surface area contributed by atoms with Gasteiger partial charge in [-0.05, 0) is 18.2 Å². The maximum absolute atomic E-state index is 13.6. The number of ether oxygens (including phenoxy) is 2. The fourth-order valence-corrected chi connectivity index (χ4v) is 1.82. The Morgan fingerprint density at radius 1 is 1.26 bits per heavy atom. The maximum Gasteiger partial charge on any atom is 0.148 e. The van der Waals surface area contributed by atoms with Crippen LogP contribution in [0, 0.1) is 5.82 Å². The quantitative estimate of drug-likeness (QED) is 0.870. The number of nitrogen functional groups attached to an aromatic ring is 1. The average Bonchev–Trinajstić information content (AvgIpc) is 2.40. The predicted octanol–water partition coefficient (Wildman–Crippen LogP) is 3.65. The van der Waals surface area contributed by atoms with E-state index in [-0.39, 0.29) is 11.6 Å². The molecule has 0 aliphatic carbocycles. The van der Waals surface area contributed by atoms with Crippen LogP contribution in [0.2, 0.25) is 5.02 Å². The molecule has 0 unspecified atom stereocenters. The summed E-state index contributed by atoms with van der Waals surface area (Å²) in [5, 5.41) is 0.0790. The van der Waals surface area contributed by atoms with Gasteiger partial charge >= 0.3 is 0 Å². The number of methoxy groups -OCH3 is 1. The Kier molecular flexibility index (Phi) is 4.12. The Balaban J connectivity index is 2.10. The third kappa shape index (κ3) is 3.09. The lowest BCUT2D eigenvalue weighted by atomic mass is 10.2. The van der Waals surface area contributed by atoms with Crippen LogP contribution in [-0.4, -0.2) is 7.11 Å². The number of rotatable bonds is 4. The van der Waals surface area contributed by atoms with Crippen molar-refractivity contribution in [2.75, 3.05) is 12.8 Å². The average molecular weight is 282 g/mol. The zero-order chi connectivity index (χ0) is 13.8. The van der Waals surface area contributed by atoms with E-state index in [0.717, 1.165) is 0 Å². The van der Waals surface area contributed by atoms with Crippen molar-refractivity contribution in [1.82, 2.24) is 0 Å². The van der Waals surface area contributed by atoms with E-state index in [2.05, 4.69) is 0 Å². The Morgan fingerprint density at radius 2 is 2.05 bits per heavy atom. The van der Waals surface area contributed by atoms with Crippen molar-refractivity contribution in [3.63, 3.8) is 0 Å². The molecule has 0 saturated heterocycles. The maximum atomic E-state index is 13.6. The zero-order valence-corrected chi connectivity index (χ0v) is 11.1. The standard InChI is InChI=1S/C14H13ClFNO2/c1-18-13-6-5-10(7-12(13)17)19-8-9-3-2-4-11(15)14(9)16/h2-7H,8,17H2,1H3. The fourth-order valence-electron chi connectivity index (χ4n) is 1.62. The monoisotopic (exact) mass is 281 g/mol. The highest BCUT2D eigenvalue weighted by molar-refractivity contribution is 6.30. The van der Waals surface area contributed by atoms with Gasteiger partial charge in [-0.3, -0.25) is 0 Å². The van der Waals surface area contributed by atoms with Gasteiger partial charge in [0.1, 0.15) is 23.9 Å². The fraction of sp³-hybridized carbons (Fsp3) is 0.143. The van der Waals surface area contributed by atoms with Crippen molar-refractivity contribution < 1.29 is 13.9 Å². The van der Waals surface area contributed by atoms with E-state index >= 15 is 0 Å². The van der Waals surface area contributed by atoms with Gasteiger partial charge in [-0.1, -0.05) is 23.7 Å². The molecule has 0 bridgehead atoms. The van der Waals surface area contributed by atoms with E-state index in [1.807, 2.05) is 0 Å². The summed E-state index contributed by atoms with van der Waals surface area (Å²) in [5.41, 5.74) is 6.61. The van der Waals surface area contributed by atoms with Gasteiger partial charge in [0.15, 0.2) is 0 Å². The first kappa shape index (κ1) is 13.5. The van der Waals surface area contributed by atoms with Crippen LogP contribution >= 0.6 is 11.6 Å². The first-order chi connectivity index (χ1) is 9.11. The van der Waals surface area contributed by atoms with Crippen molar-refractivity contribution in [3.8, 4) is 11.5 Å². The highest BCUT2D eigenvalue weighted by Gasteiger charge is 2.07. The first-order valence-electron chi connectivity index (χ1n) is 5.61. The lowest BCUT2D eigenvalue weighted by Gasteiger charge is -2.10. The van der Waals surface area contributed by atoms with Crippen molar-refractivity contribution in [2.45, 2.75) is 6.61 Å². The van der Waals surface area contributed by atoms with E-state index in [4.69, 9.17) is 26.8 Å². The molecule has 0 radical (unpaired) electrons. The highest BCUT2D eigenvalue weighted by Crippen LogP contribution is 2.27. The summed E-state index contributed by atoms with van der Waals surface area (Å²) in [6, 6.07) is 9.81. The van der Waals surface area contributed by atoms with Crippen molar-refractivity contribution in [1.29, 1.82) is 0 Å². The summed E-state index contributed by atoms with van der Waals surface area (Å²) in [5.74, 6) is 0.643. The van der Waals surface area contributed by atoms with Crippen molar-refractivity contribution >= 4 is 17.3 Å². The SMILES string of the molecule is COc1ccc(OCc2cccc(Cl)c2F)cc1N. The molecule has 0 aliphatic heterocycles. The van der Waals surface area contributed by atoms with Gasteiger partial charge < -0.3 is 15.2 Å². The van der Waals surface area contributed by atoms with Crippen LogP contribution in [0.5, 0.6) is 11.5 Å². The molecule has 100 valence electrons.